The van der Waals surface area contributed by atoms with Gasteiger partial charge in [-0.25, -0.2) is 4.98 Å². The fourth-order valence-corrected chi connectivity index (χ4v) is 8.79. The van der Waals surface area contributed by atoms with E-state index in [2.05, 4.69) is 186 Å². The topological polar surface area (TPSA) is 27.1 Å². The minimum atomic E-state index is -0.865. The zero-order valence-corrected chi connectivity index (χ0v) is 28.2. The van der Waals surface area contributed by atoms with Crippen LogP contribution in [0.25, 0.3) is 0 Å². The van der Waals surface area contributed by atoms with Gasteiger partial charge in [0.25, 0.3) is 0 Å². The quantitative estimate of drug-likeness (QED) is 0.182. The van der Waals surface area contributed by atoms with E-state index in [0.29, 0.717) is 13.3 Å². The molecule has 0 radical (unpaired) electrons. The van der Waals surface area contributed by atoms with Crippen LogP contribution in [0.4, 0.5) is 0 Å². The van der Waals surface area contributed by atoms with Crippen LogP contribution in [0.3, 0.4) is 0 Å². The number of ether oxygens (including phenoxy) is 1. The maximum atomic E-state index is 5.77. The minimum Gasteiger partial charge on any atom is -0.494 e. The predicted molar refractivity (Wildman–Crippen MR) is 201 cm³/mol. The highest BCUT2D eigenvalue weighted by atomic mass is 28.2. The van der Waals surface area contributed by atoms with Crippen LogP contribution in [-0.4, -0.2) is 32.4 Å². The normalized spacial score (nSPS) is 11.1. The molecule has 0 fully saturated rings. The molecule has 230 valence electrons. The van der Waals surface area contributed by atoms with Crippen molar-refractivity contribution in [1.29, 1.82) is 0 Å². The van der Waals surface area contributed by atoms with Crippen molar-refractivity contribution in [2.75, 3.05) is 6.61 Å². The van der Waals surface area contributed by atoms with Gasteiger partial charge in [0.2, 0.25) is 6.71 Å². The Hall–Kier alpha value is -5.39. The summed E-state index contributed by atoms with van der Waals surface area (Å²) in [5, 5.41) is 1.09. The van der Waals surface area contributed by atoms with Gasteiger partial charge in [0.15, 0.2) is 0 Å². The second kappa shape index (κ2) is 15.7. The number of hydrogen-bond donors (Lipinski definition) is 0. The Morgan fingerprint density at radius 2 is 1.06 bits per heavy atom. The van der Waals surface area contributed by atoms with Crippen LogP contribution in [-0.2, 0) is 5.16 Å². The van der Waals surface area contributed by atoms with Crippen molar-refractivity contribution in [2.45, 2.75) is 12.1 Å². The van der Waals surface area contributed by atoms with Crippen LogP contribution in [0.5, 0.6) is 5.75 Å². The first kappa shape index (κ1) is 31.6. The van der Waals surface area contributed by atoms with Crippen LogP contribution in [0, 0.1) is 0 Å². The van der Waals surface area contributed by atoms with Crippen molar-refractivity contribution >= 4 is 37.8 Å². The molecule has 6 aromatic carbocycles. The molecule has 1 heterocycles. The van der Waals surface area contributed by atoms with Gasteiger partial charge in [0, 0.05) is 12.4 Å². The van der Waals surface area contributed by atoms with E-state index in [4.69, 9.17) is 4.74 Å². The molecule has 0 saturated carbocycles. The highest BCUT2D eigenvalue weighted by Gasteiger charge is 2.36. The van der Waals surface area contributed by atoms with Gasteiger partial charge in [-0.05, 0) is 30.2 Å². The summed E-state index contributed by atoms with van der Waals surface area (Å²) in [6, 6.07) is 62.1. The highest BCUT2D eigenvalue weighted by molar-refractivity contribution is 6.95. The fourth-order valence-electron chi connectivity index (χ4n) is 6.39. The molecule has 0 bridgehead atoms. The number of aromatic nitrogens is 2. The Kier molecular flexibility index (Phi) is 10.6. The van der Waals surface area contributed by atoms with Crippen LogP contribution in [0.1, 0.15) is 18.1 Å². The first-order valence-electron chi connectivity index (χ1n) is 16.2. The largest absolute Gasteiger partial charge is 0.494 e. The lowest BCUT2D eigenvalue weighted by molar-refractivity contribution is 0.340. The Labute approximate surface area is 281 Å². The smallest absolute Gasteiger partial charge is 0.241 e. The van der Waals surface area contributed by atoms with E-state index in [1.807, 2.05) is 25.5 Å². The van der Waals surface area contributed by atoms with Gasteiger partial charge in [0.05, 0.1) is 27.6 Å². The molecular weight excluding hydrogens is 587 g/mol. The van der Waals surface area contributed by atoms with Gasteiger partial charge in [-0.15, -0.1) is 0 Å². The summed E-state index contributed by atoms with van der Waals surface area (Å²) in [5.74, 6) is 0.938. The van der Waals surface area contributed by atoms with E-state index in [1.165, 1.54) is 32.7 Å². The molecule has 0 N–H and O–H groups in total. The third kappa shape index (κ3) is 7.54. The molecule has 0 unspecified atom stereocenters. The lowest BCUT2D eigenvalue weighted by Crippen LogP contribution is -2.51. The van der Waals surface area contributed by atoms with Crippen molar-refractivity contribution in [3.63, 3.8) is 0 Å². The molecule has 0 amide bonds. The van der Waals surface area contributed by atoms with Crippen LogP contribution >= 0.6 is 0 Å². The first-order chi connectivity index (χ1) is 23.3. The first-order valence-corrected chi connectivity index (χ1v) is 17.7. The van der Waals surface area contributed by atoms with E-state index < -0.39 is 9.52 Å². The fraction of sp³-hybridized carbons (Fsp3) is 0.0714. The molecule has 7 rings (SSSR count). The van der Waals surface area contributed by atoms with Gasteiger partial charge in [-0.1, -0.05) is 185 Å². The third-order valence-electron chi connectivity index (χ3n) is 8.52. The molecule has 1 aromatic heterocycles. The number of rotatable bonds is 10. The molecule has 5 heteroatoms. The molecular formula is C42H39BN2OSi. The van der Waals surface area contributed by atoms with E-state index in [0.717, 1.165) is 5.75 Å². The monoisotopic (exact) mass is 626 g/mol. The van der Waals surface area contributed by atoms with Crippen molar-refractivity contribution < 1.29 is 4.74 Å². The Bertz CT molecular complexity index is 1770. The Morgan fingerprint density at radius 1 is 0.596 bits per heavy atom. The molecule has 3 nitrogen and oxygen atoms in total. The van der Waals surface area contributed by atoms with E-state index >= 15 is 0 Å². The minimum absolute atomic E-state index is 0.260. The second-order valence-electron chi connectivity index (χ2n) is 11.5. The molecule has 7 aromatic rings. The van der Waals surface area contributed by atoms with Crippen LogP contribution in [0.15, 0.2) is 195 Å². The molecule has 0 aliphatic heterocycles. The molecule has 0 saturated heterocycles. The van der Waals surface area contributed by atoms with Crippen molar-refractivity contribution in [2.24, 2.45) is 0 Å². The average Bonchev–Trinajstić information content (AvgIpc) is 3.69. The lowest BCUT2D eigenvalue weighted by atomic mass is 9.37. The van der Waals surface area contributed by atoms with E-state index in [9.17, 15) is 0 Å². The summed E-state index contributed by atoms with van der Waals surface area (Å²) in [6.45, 7) is 3.01. The molecule has 0 aliphatic rings. The molecule has 47 heavy (non-hydrogen) atoms. The second-order valence-corrected chi connectivity index (χ2v) is 13.7. The predicted octanol–water partition coefficient (Wildman–Crippen LogP) is 5.73. The summed E-state index contributed by atoms with van der Waals surface area (Å²) in [5.41, 5.74) is 6.57. The van der Waals surface area contributed by atoms with Crippen molar-refractivity contribution in [3.05, 3.63) is 206 Å². The van der Waals surface area contributed by atoms with Crippen LogP contribution < -0.4 is 26.3 Å². The highest BCUT2D eigenvalue weighted by Crippen LogP contribution is 2.33. The van der Waals surface area contributed by atoms with Gasteiger partial charge in [-0.2, -0.15) is 0 Å². The van der Waals surface area contributed by atoms with Gasteiger partial charge in [0.1, 0.15) is 5.75 Å². The summed E-state index contributed by atoms with van der Waals surface area (Å²) in [4.78, 5) is 4.39. The number of nitrogens with zero attached hydrogens (tertiary/aromatic N) is 2. The Morgan fingerprint density at radius 3 is 1.49 bits per heavy atom. The SMILES string of the molecule is CCOc1cccc([SiH2]C(c2ccccc2)(c2ccccc2)n2ccnc2)c1.c1ccc(B(c2ccccc2)c2ccccc2)cc1. The van der Waals surface area contributed by atoms with E-state index in [-0.39, 0.29) is 5.16 Å². The molecule has 0 atom stereocenters. The summed E-state index contributed by atoms with van der Waals surface area (Å²) in [6.07, 6.45) is 5.89. The zero-order valence-electron chi connectivity index (χ0n) is 26.8. The lowest BCUT2D eigenvalue weighted by Gasteiger charge is -2.37. The van der Waals surface area contributed by atoms with Gasteiger partial charge < -0.3 is 9.30 Å². The molecule has 0 aliphatic carbocycles. The summed E-state index contributed by atoms with van der Waals surface area (Å²) >= 11 is 0. The van der Waals surface area contributed by atoms with Gasteiger partial charge in [-0.3, -0.25) is 0 Å². The average molecular weight is 627 g/mol. The number of imidazole rings is 1. The maximum absolute atomic E-state index is 5.77. The zero-order chi connectivity index (χ0) is 32.2. The van der Waals surface area contributed by atoms with Crippen molar-refractivity contribution in [1.82, 2.24) is 9.55 Å². The standard InChI is InChI=1S/C24H24N2OSi.C18H15B/c1-2-27-22-14-9-15-23(18-22)28-24(26-17-16-25-19-26,20-10-5-3-6-11-20)21-12-7-4-8-13-21;1-4-10-16(11-5-1)19(17-12-6-2-7-13-17)18-14-8-3-9-15-18/h3-19H,2,28H2,1H3;1-15H. The molecule has 0 spiro atoms. The third-order valence-corrected chi connectivity index (χ3v) is 11.1. The Balaban J connectivity index is 0.000000177. The van der Waals surface area contributed by atoms with E-state index in [1.54, 1.807) is 0 Å². The summed E-state index contributed by atoms with van der Waals surface area (Å²) in [7, 11) is -0.865. The number of hydrogen-bond acceptors (Lipinski definition) is 2. The van der Waals surface area contributed by atoms with Gasteiger partial charge >= 0.3 is 0 Å². The number of benzene rings is 6. The van der Waals surface area contributed by atoms with Crippen molar-refractivity contribution in [3.8, 4) is 5.75 Å². The maximum Gasteiger partial charge on any atom is 0.241 e. The summed E-state index contributed by atoms with van der Waals surface area (Å²) < 4.78 is 8.04. The van der Waals surface area contributed by atoms with Crippen LogP contribution in [0.2, 0.25) is 0 Å².